The van der Waals surface area contributed by atoms with Gasteiger partial charge in [-0.1, -0.05) is 6.07 Å². The van der Waals surface area contributed by atoms with Crippen LogP contribution >= 0.6 is 15.9 Å². The molecule has 4 rings (SSSR count). The van der Waals surface area contributed by atoms with Crippen molar-refractivity contribution in [2.75, 3.05) is 25.1 Å². The number of amides is 1. The molecule has 0 spiro atoms. The first-order valence-electron chi connectivity index (χ1n) is 9.17. The third-order valence-corrected chi connectivity index (χ3v) is 7.95. The smallest absolute Gasteiger partial charge is 0.428 e. The van der Waals surface area contributed by atoms with Crippen LogP contribution in [0.3, 0.4) is 0 Å². The predicted molar refractivity (Wildman–Crippen MR) is 110 cm³/mol. The van der Waals surface area contributed by atoms with Gasteiger partial charge in [-0.05, 0) is 58.1 Å². The van der Waals surface area contributed by atoms with Crippen molar-refractivity contribution >= 4 is 43.7 Å². The van der Waals surface area contributed by atoms with E-state index < -0.39 is 32.8 Å². The molecule has 1 saturated carbocycles. The molecule has 1 heterocycles. The molecule has 0 N–H and O–H groups in total. The van der Waals surface area contributed by atoms with Crippen LogP contribution in [0.15, 0.2) is 39.7 Å². The van der Waals surface area contributed by atoms with Crippen LogP contribution < -0.4 is 9.04 Å². The van der Waals surface area contributed by atoms with E-state index in [0.717, 1.165) is 44.4 Å². The summed E-state index contributed by atoms with van der Waals surface area (Å²) in [6.45, 7) is 0.375. The van der Waals surface area contributed by atoms with Crippen molar-refractivity contribution in [1.29, 1.82) is 0 Å². The van der Waals surface area contributed by atoms with Crippen LogP contribution in [-0.2, 0) is 19.5 Å². The van der Waals surface area contributed by atoms with Gasteiger partial charge in [-0.15, -0.1) is 0 Å². The van der Waals surface area contributed by atoms with Crippen LogP contribution in [0.5, 0.6) is 5.75 Å². The van der Waals surface area contributed by atoms with Gasteiger partial charge < -0.3 is 14.2 Å². The first-order chi connectivity index (χ1) is 14.7. The largest absolute Gasteiger partial charge is 0.492 e. The highest BCUT2D eigenvalue weighted by Gasteiger charge is 2.47. The van der Waals surface area contributed by atoms with Crippen LogP contribution in [0, 0.1) is 11.7 Å². The molecule has 2 aromatic rings. The average Bonchev–Trinajstić information content (AvgIpc) is 3.52. The topological polar surface area (TPSA) is 99.2 Å². The second-order valence-corrected chi connectivity index (χ2v) is 9.71. The molecule has 1 fully saturated rings. The lowest BCUT2D eigenvalue weighted by Gasteiger charge is -2.27. The molecular formula is C20H17BrFNO7S. The third kappa shape index (κ3) is 3.55. The molecule has 8 nitrogen and oxygen atoms in total. The van der Waals surface area contributed by atoms with E-state index in [1.165, 1.54) is 6.07 Å². The van der Waals surface area contributed by atoms with Crippen molar-refractivity contribution in [3.63, 3.8) is 0 Å². The van der Waals surface area contributed by atoms with Gasteiger partial charge in [-0.25, -0.2) is 22.4 Å². The van der Waals surface area contributed by atoms with E-state index in [9.17, 15) is 22.4 Å². The maximum Gasteiger partial charge on any atom is 0.428 e. The van der Waals surface area contributed by atoms with Gasteiger partial charge in [-0.3, -0.25) is 0 Å². The molecule has 0 aromatic heterocycles. The molecular weight excluding hydrogens is 497 g/mol. The second-order valence-electron chi connectivity index (χ2n) is 7.10. The fourth-order valence-electron chi connectivity index (χ4n) is 3.70. The Morgan fingerprint density at radius 3 is 2.58 bits per heavy atom. The lowest BCUT2D eigenvalue weighted by molar-refractivity contribution is 0.0596. The lowest BCUT2D eigenvalue weighted by Crippen LogP contribution is -2.38. The molecule has 2 aliphatic rings. The fraction of sp³-hybridized carbons (Fsp3) is 0.300. The number of hydrogen-bond donors (Lipinski definition) is 0. The number of fused-ring (bicyclic) bond motifs is 3. The number of ether oxygens (including phenoxy) is 3. The van der Waals surface area contributed by atoms with Gasteiger partial charge in [0.2, 0.25) is 0 Å². The minimum Gasteiger partial charge on any atom is -0.492 e. The van der Waals surface area contributed by atoms with Crippen LogP contribution in [0.2, 0.25) is 0 Å². The Labute approximate surface area is 186 Å². The summed E-state index contributed by atoms with van der Waals surface area (Å²) in [5.74, 6) is -0.805. The standard InChI is InChI=1S/C20H17BrFNO7S/c1-28-19(24)17-15(5-4-12-13-7-10(13)9-30-18(12)17)23(20(25)29-2)31(26,27)16-6-3-11(22)8-14(16)21/h3-6,8,10,13H,7,9H2,1-2H3/t10-,13-/m0/s1. The van der Waals surface area contributed by atoms with Crippen molar-refractivity contribution in [1.82, 2.24) is 0 Å². The summed E-state index contributed by atoms with van der Waals surface area (Å²) in [6, 6.07) is 5.88. The minimum absolute atomic E-state index is 0.101. The number of anilines is 1. The normalized spacial score (nSPS) is 18.8. The third-order valence-electron chi connectivity index (χ3n) is 5.29. The zero-order chi connectivity index (χ0) is 22.5. The van der Waals surface area contributed by atoms with E-state index in [4.69, 9.17) is 14.2 Å². The van der Waals surface area contributed by atoms with Gasteiger partial charge in [0, 0.05) is 10.4 Å². The van der Waals surface area contributed by atoms with Gasteiger partial charge in [0.15, 0.2) is 0 Å². The quantitative estimate of drug-likeness (QED) is 0.572. The van der Waals surface area contributed by atoms with Gasteiger partial charge in [-0.2, -0.15) is 4.31 Å². The summed E-state index contributed by atoms with van der Waals surface area (Å²) in [5, 5.41) is 0. The molecule has 0 radical (unpaired) electrons. The van der Waals surface area contributed by atoms with Crippen LogP contribution in [0.25, 0.3) is 0 Å². The number of hydrogen-bond acceptors (Lipinski definition) is 7. The molecule has 1 aliphatic carbocycles. The number of benzene rings is 2. The van der Waals surface area contributed by atoms with Crippen LogP contribution in [0.1, 0.15) is 28.3 Å². The van der Waals surface area contributed by atoms with E-state index >= 15 is 0 Å². The Bertz CT molecular complexity index is 1200. The zero-order valence-corrected chi connectivity index (χ0v) is 18.8. The Balaban J connectivity index is 1.95. The number of carbonyl (C=O) groups excluding carboxylic acids is 2. The molecule has 11 heteroatoms. The Morgan fingerprint density at radius 1 is 1.19 bits per heavy atom. The number of sulfonamides is 1. The van der Waals surface area contributed by atoms with E-state index in [2.05, 4.69) is 15.9 Å². The van der Waals surface area contributed by atoms with Crippen molar-refractivity contribution in [3.05, 3.63) is 51.7 Å². The van der Waals surface area contributed by atoms with Gasteiger partial charge >= 0.3 is 12.1 Å². The molecule has 1 amide bonds. The van der Waals surface area contributed by atoms with Crippen LogP contribution in [-0.4, -0.2) is 41.3 Å². The first kappa shape index (κ1) is 21.6. The monoisotopic (exact) mass is 513 g/mol. The molecule has 164 valence electrons. The van der Waals surface area contributed by atoms with E-state index in [0.29, 0.717) is 16.8 Å². The number of rotatable bonds is 4. The molecule has 0 bridgehead atoms. The Hall–Kier alpha value is -2.66. The lowest BCUT2D eigenvalue weighted by atomic mass is 10.00. The van der Waals surface area contributed by atoms with Gasteiger partial charge in [0.1, 0.15) is 22.0 Å². The van der Waals surface area contributed by atoms with Crippen LogP contribution in [0.4, 0.5) is 14.9 Å². The molecule has 0 unspecified atom stereocenters. The Kier molecular flexibility index (Phi) is 5.42. The zero-order valence-electron chi connectivity index (χ0n) is 16.4. The van der Waals surface area contributed by atoms with E-state index in [1.54, 1.807) is 6.07 Å². The van der Waals surface area contributed by atoms with Gasteiger partial charge in [0.05, 0.1) is 26.5 Å². The summed E-state index contributed by atoms with van der Waals surface area (Å²) in [5.41, 5.74) is 0.274. The van der Waals surface area contributed by atoms with E-state index in [1.807, 2.05) is 0 Å². The molecule has 31 heavy (non-hydrogen) atoms. The predicted octanol–water partition coefficient (Wildman–Crippen LogP) is 3.83. The van der Waals surface area contributed by atoms with Crippen molar-refractivity contribution in [2.45, 2.75) is 17.2 Å². The number of nitrogens with zero attached hydrogens (tertiary/aromatic N) is 1. The second kappa shape index (κ2) is 7.79. The maximum atomic E-state index is 13.5. The molecule has 2 aromatic carbocycles. The van der Waals surface area contributed by atoms with Crippen molar-refractivity contribution < 1.29 is 36.6 Å². The fourth-order valence-corrected chi connectivity index (χ4v) is 6.09. The van der Waals surface area contributed by atoms with E-state index in [-0.39, 0.29) is 27.4 Å². The summed E-state index contributed by atoms with van der Waals surface area (Å²) in [6.07, 6.45) is -0.365. The number of halogens is 2. The highest BCUT2D eigenvalue weighted by molar-refractivity contribution is 9.10. The SMILES string of the molecule is COC(=O)c1c(N(C(=O)OC)S(=O)(=O)c2ccc(F)cc2Br)ccc2c1OC[C@@H]1C[C@H]21. The summed E-state index contributed by atoms with van der Waals surface area (Å²) in [4.78, 5) is 24.9. The van der Waals surface area contributed by atoms with Gasteiger partial charge in [0.25, 0.3) is 10.0 Å². The highest BCUT2D eigenvalue weighted by Crippen LogP contribution is 2.55. The minimum atomic E-state index is -4.62. The summed E-state index contributed by atoms with van der Waals surface area (Å²) < 4.78 is 56.0. The molecule has 2 atom stereocenters. The Morgan fingerprint density at radius 2 is 1.94 bits per heavy atom. The average molecular weight is 514 g/mol. The molecule has 1 aliphatic heterocycles. The number of esters is 1. The van der Waals surface area contributed by atoms with Crippen molar-refractivity contribution in [3.8, 4) is 5.75 Å². The first-order valence-corrected chi connectivity index (χ1v) is 11.4. The van der Waals surface area contributed by atoms with Crippen molar-refractivity contribution in [2.24, 2.45) is 5.92 Å². The molecule has 0 saturated heterocycles. The number of carbonyl (C=O) groups is 2. The number of methoxy groups -OCH3 is 2. The summed E-state index contributed by atoms with van der Waals surface area (Å²) in [7, 11) is -2.48. The maximum absolute atomic E-state index is 13.5. The summed E-state index contributed by atoms with van der Waals surface area (Å²) >= 11 is 3.02. The highest BCUT2D eigenvalue weighted by atomic mass is 79.9.